The topological polar surface area (TPSA) is 68.0 Å². The summed E-state index contributed by atoms with van der Waals surface area (Å²) in [5.74, 6) is 2.96. The van der Waals surface area contributed by atoms with Crippen LogP contribution in [0.15, 0.2) is 38.0 Å². The molecule has 0 saturated heterocycles. The van der Waals surface area contributed by atoms with Crippen molar-refractivity contribution < 1.29 is 9.32 Å². The summed E-state index contributed by atoms with van der Waals surface area (Å²) in [4.78, 5) is 18.5. The Hall–Kier alpha value is -1.16. The zero-order valence-electron chi connectivity index (χ0n) is 13.2. The van der Waals surface area contributed by atoms with E-state index in [-0.39, 0.29) is 5.91 Å². The predicted octanol–water partition coefficient (Wildman–Crippen LogP) is 4.60. The third-order valence-corrected chi connectivity index (χ3v) is 6.90. The standard InChI is InChI=1S/C16H16BrN3O2S3/c17-13-4-3-11(25-13)10-23-9-7-18-14(21)5-6-15-19-16(20-22-15)12-2-1-8-24-12/h1-4,8H,5-7,9-10H2,(H,18,21). The number of thioether (sulfide) groups is 1. The minimum absolute atomic E-state index is 0.00958. The number of carbonyl (C=O) groups is 1. The lowest BCUT2D eigenvalue weighted by molar-refractivity contribution is -0.121. The van der Waals surface area contributed by atoms with Crippen molar-refractivity contribution in [2.24, 2.45) is 0 Å². The van der Waals surface area contributed by atoms with Crippen molar-refractivity contribution in [3.8, 4) is 10.7 Å². The van der Waals surface area contributed by atoms with E-state index in [9.17, 15) is 4.79 Å². The minimum Gasteiger partial charge on any atom is -0.355 e. The highest BCUT2D eigenvalue weighted by molar-refractivity contribution is 9.11. The first-order valence-corrected chi connectivity index (χ1v) is 11.3. The molecule has 0 aliphatic rings. The van der Waals surface area contributed by atoms with Gasteiger partial charge in [-0.1, -0.05) is 11.2 Å². The Balaban J connectivity index is 1.30. The third-order valence-electron chi connectivity index (χ3n) is 3.22. The molecule has 5 nitrogen and oxygen atoms in total. The van der Waals surface area contributed by atoms with Crippen LogP contribution in [0.25, 0.3) is 10.7 Å². The van der Waals surface area contributed by atoms with Gasteiger partial charge in [0.15, 0.2) is 0 Å². The van der Waals surface area contributed by atoms with Crippen molar-refractivity contribution in [3.63, 3.8) is 0 Å². The largest absolute Gasteiger partial charge is 0.355 e. The van der Waals surface area contributed by atoms with E-state index in [0.717, 1.165) is 20.2 Å². The van der Waals surface area contributed by atoms with Crippen molar-refractivity contribution in [1.82, 2.24) is 15.5 Å². The van der Waals surface area contributed by atoms with E-state index in [4.69, 9.17) is 4.52 Å². The van der Waals surface area contributed by atoms with Gasteiger partial charge >= 0.3 is 0 Å². The summed E-state index contributed by atoms with van der Waals surface area (Å²) < 4.78 is 6.34. The van der Waals surface area contributed by atoms with Crippen molar-refractivity contribution >= 4 is 56.3 Å². The number of hydrogen-bond acceptors (Lipinski definition) is 7. The Labute approximate surface area is 166 Å². The highest BCUT2D eigenvalue weighted by atomic mass is 79.9. The highest BCUT2D eigenvalue weighted by Gasteiger charge is 2.11. The molecule has 132 valence electrons. The SMILES string of the molecule is O=C(CCc1nc(-c2cccs2)no1)NCCSCc1ccc(Br)s1. The Morgan fingerprint density at radius 1 is 1.36 bits per heavy atom. The van der Waals surface area contributed by atoms with Crippen LogP contribution in [-0.2, 0) is 17.0 Å². The Bertz CT molecular complexity index is 801. The Morgan fingerprint density at radius 3 is 3.04 bits per heavy atom. The second kappa shape index (κ2) is 9.51. The molecule has 1 N–H and O–H groups in total. The van der Waals surface area contributed by atoms with Crippen molar-refractivity contribution in [2.75, 3.05) is 12.3 Å². The number of nitrogens with zero attached hydrogens (tertiary/aromatic N) is 2. The number of rotatable bonds is 9. The van der Waals surface area contributed by atoms with E-state index in [1.165, 1.54) is 4.88 Å². The average molecular weight is 458 g/mol. The van der Waals surface area contributed by atoms with Crippen LogP contribution in [0, 0.1) is 0 Å². The summed E-state index contributed by atoms with van der Waals surface area (Å²) >= 11 is 8.58. The van der Waals surface area contributed by atoms with Crippen LogP contribution >= 0.6 is 50.4 Å². The molecule has 3 rings (SSSR count). The van der Waals surface area contributed by atoms with Gasteiger partial charge in [-0.2, -0.15) is 16.7 Å². The second-order valence-corrected chi connectivity index (χ2v) is 9.70. The molecule has 0 radical (unpaired) electrons. The zero-order chi connectivity index (χ0) is 17.5. The summed E-state index contributed by atoms with van der Waals surface area (Å²) in [6, 6.07) is 8.07. The quantitative estimate of drug-likeness (QED) is 0.475. The molecule has 0 bridgehead atoms. The molecular weight excluding hydrogens is 442 g/mol. The van der Waals surface area contributed by atoms with Gasteiger partial charge < -0.3 is 9.84 Å². The number of carbonyl (C=O) groups excluding carboxylic acids is 1. The van der Waals surface area contributed by atoms with Crippen LogP contribution < -0.4 is 5.32 Å². The molecule has 0 aliphatic carbocycles. The van der Waals surface area contributed by atoms with Gasteiger partial charge in [-0.25, -0.2) is 0 Å². The van der Waals surface area contributed by atoms with Crippen LogP contribution in [0.3, 0.4) is 0 Å². The number of aryl methyl sites for hydroxylation is 1. The summed E-state index contributed by atoms with van der Waals surface area (Å²) in [6.45, 7) is 0.667. The summed E-state index contributed by atoms with van der Waals surface area (Å²) in [6.07, 6.45) is 0.815. The van der Waals surface area contributed by atoms with E-state index in [1.54, 1.807) is 22.7 Å². The molecule has 3 aromatic heterocycles. The van der Waals surface area contributed by atoms with Crippen LogP contribution in [0.4, 0.5) is 0 Å². The predicted molar refractivity (Wildman–Crippen MR) is 107 cm³/mol. The average Bonchev–Trinajstić information content (AvgIpc) is 3.34. The fourth-order valence-corrected chi connectivity index (χ4v) is 5.14. The van der Waals surface area contributed by atoms with Gasteiger partial charge in [0.05, 0.1) is 8.66 Å². The van der Waals surface area contributed by atoms with Crippen LogP contribution in [-0.4, -0.2) is 28.3 Å². The molecule has 0 fully saturated rings. The molecule has 0 unspecified atom stereocenters. The molecule has 0 aromatic carbocycles. The maximum absolute atomic E-state index is 11.9. The van der Waals surface area contributed by atoms with Crippen molar-refractivity contribution in [3.05, 3.63) is 44.2 Å². The molecule has 3 aromatic rings. The van der Waals surface area contributed by atoms with Gasteiger partial charge in [0.25, 0.3) is 0 Å². The van der Waals surface area contributed by atoms with Gasteiger partial charge in [-0.05, 0) is 39.5 Å². The van der Waals surface area contributed by atoms with Crippen LogP contribution in [0.5, 0.6) is 0 Å². The van der Waals surface area contributed by atoms with E-state index in [0.29, 0.717) is 31.1 Å². The first-order chi connectivity index (χ1) is 12.2. The normalized spacial score (nSPS) is 10.9. The molecule has 9 heteroatoms. The van der Waals surface area contributed by atoms with Crippen LogP contribution in [0.2, 0.25) is 0 Å². The van der Waals surface area contributed by atoms with Crippen molar-refractivity contribution in [1.29, 1.82) is 0 Å². The third kappa shape index (κ3) is 5.95. The maximum atomic E-state index is 11.9. The molecule has 3 heterocycles. The lowest BCUT2D eigenvalue weighted by Gasteiger charge is -2.03. The van der Waals surface area contributed by atoms with Gasteiger partial charge in [-0.15, -0.1) is 22.7 Å². The summed E-state index contributed by atoms with van der Waals surface area (Å²) in [5, 5.41) is 8.83. The number of aromatic nitrogens is 2. The molecule has 0 spiro atoms. The van der Waals surface area contributed by atoms with Gasteiger partial charge in [-0.3, -0.25) is 4.79 Å². The first kappa shape index (κ1) is 18.6. The van der Waals surface area contributed by atoms with E-state index in [1.807, 2.05) is 29.3 Å². The van der Waals surface area contributed by atoms with Gasteiger partial charge in [0.1, 0.15) is 0 Å². The first-order valence-electron chi connectivity index (χ1n) is 7.66. The van der Waals surface area contributed by atoms with Gasteiger partial charge in [0, 0.05) is 35.8 Å². The number of thiophene rings is 2. The number of halogens is 1. The fourth-order valence-electron chi connectivity index (χ4n) is 2.04. The smallest absolute Gasteiger partial charge is 0.227 e. The summed E-state index contributed by atoms with van der Waals surface area (Å²) in [5.41, 5.74) is 0. The summed E-state index contributed by atoms with van der Waals surface area (Å²) in [7, 11) is 0. The molecule has 0 saturated carbocycles. The molecule has 25 heavy (non-hydrogen) atoms. The number of amides is 1. The molecular formula is C16H16BrN3O2S3. The lowest BCUT2D eigenvalue weighted by atomic mass is 10.3. The maximum Gasteiger partial charge on any atom is 0.227 e. The molecule has 0 atom stereocenters. The molecule has 1 amide bonds. The highest BCUT2D eigenvalue weighted by Crippen LogP contribution is 2.25. The number of nitrogens with one attached hydrogen (secondary N) is 1. The lowest BCUT2D eigenvalue weighted by Crippen LogP contribution is -2.25. The molecule has 0 aliphatic heterocycles. The fraction of sp³-hybridized carbons (Fsp3) is 0.312. The number of hydrogen-bond donors (Lipinski definition) is 1. The van der Waals surface area contributed by atoms with Gasteiger partial charge in [0.2, 0.25) is 17.6 Å². The van der Waals surface area contributed by atoms with Crippen LogP contribution in [0.1, 0.15) is 17.2 Å². The van der Waals surface area contributed by atoms with E-state index in [2.05, 4.69) is 43.5 Å². The Morgan fingerprint density at radius 2 is 2.28 bits per heavy atom. The minimum atomic E-state index is 0.00958. The monoisotopic (exact) mass is 457 g/mol. The zero-order valence-corrected chi connectivity index (χ0v) is 17.3. The van der Waals surface area contributed by atoms with Crippen molar-refractivity contribution in [2.45, 2.75) is 18.6 Å². The Kier molecular flexibility index (Phi) is 7.09. The van der Waals surface area contributed by atoms with E-state index >= 15 is 0 Å². The second-order valence-electron chi connectivity index (χ2n) is 5.10. The van der Waals surface area contributed by atoms with E-state index < -0.39 is 0 Å².